The molecule has 2 aromatic heterocycles. The second-order valence-corrected chi connectivity index (χ2v) is 7.12. The van der Waals surface area contributed by atoms with Crippen LogP contribution < -0.4 is 15.4 Å². The Bertz CT molecular complexity index is 770. The number of hydrogen-bond donors (Lipinski definition) is 2. The average Bonchev–Trinajstić information content (AvgIpc) is 2.69. The number of pyridine rings is 2. The van der Waals surface area contributed by atoms with Crippen LogP contribution in [0.2, 0.25) is 0 Å². The van der Waals surface area contributed by atoms with Gasteiger partial charge < -0.3 is 15.4 Å². The molecule has 0 saturated carbocycles. The predicted octanol–water partition coefficient (Wildman–Crippen LogP) is 2.86. The highest BCUT2D eigenvalue weighted by Gasteiger charge is 2.43. The molecule has 2 aromatic rings. The highest BCUT2D eigenvalue weighted by Crippen LogP contribution is 2.28. The zero-order chi connectivity index (χ0) is 19.3. The molecular weight excluding hydrogens is 340 g/mol. The topological polar surface area (TPSA) is 76.1 Å². The van der Waals surface area contributed by atoms with Gasteiger partial charge >= 0.3 is 0 Å². The number of hydrogen-bond acceptors (Lipinski definition) is 5. The van der Waals surface area contributed by atoms with E-state index in [0.29, 0.717) is 18.6 Å². The van der Waals surface area contributed by atoms with E-state index in [1.165, 1.54) is 0 Å². The number of carbonyl (C=O) groups excluding carboxylic acids is 1. The number of piperidine rings is 1. The Morgan fingerprint density at radius 1 is 1.26 bits per heavy atom. The van der Waals surface area contributed by atoms with Crippen LogP contribution in [0.3, 0.4) is 0 Å². The maximum atomic E-state index is 13.3. The van der Waals surface area contributed by atoms with Crippen LogP contribution >= 0.6 is 0 Å². The highest BCUT2D eigenvalue weighted by atomic mass is 16.5. The van der Waals surface area contributed by atoms with E-state index < -0.39 is 5.60 Å². The summed E-state index contributed by atoms with van der Waals surface area (Å²) in [6.07, 6.45) is 5.46. The molecule has 6 nitrogen and oxygen atoms in total. The molecule has 3 heterocycles. The maximum Gasteiger partial charge on any atom is 0.264 e. The lowest BCUT2D eigenvalue weighted by Crippen LogP contribution is -2.57. The molecule has 1 aliphatic rings. The largest absolute Gasteiger partial charge is 0.476 e. The Morgan fingerprint density at radius 3 is 2.67 bits per heavy atom. The van der Waals surface area contributed by atoms with Crippen molar-refractivity contribution in [3.63, 3.8) is 0 Å². The highest BCUT2D eigenvalue weighted by molar-refractivity contribution is 5.86. The molecule has 1 unspecified atom stereocenters. The zero-order valence-electron chi connectivity index (χ0n) is 16.3. The number of aromatic nitrogens is 2. The summed E-state index contributed by atoms with van der Waals surface area (Å²) in [5, 5.41) is 6.50. The first-order valence-electron chi connectivity index (χ1n) is 9.59. The quantitative estimate of drug-likeness (QED) is 0.820. The van der Waals surface area contributed by atoms with Crippen molar-refractivity contribution in [2.75, 3.05) is 13.1 Å². The maximum absolute atomic E-state index is 13.3. The van der Waals surface area contributed by atoms with Crippen molar-refractivity contribution in [3.8, 4) is 5.75 Å². The molecule has 3 rings (SSSR count). The van der Waals surface area contributed by atoms with E-state index in [-0.39, 0.29) is 11.9 Å². The smallest absolute Gasteiger partial charge is 0.264 e. The van der Waals surface area contributed by atoms with Gasteiger partial charge in [-0.15, -0.1) is 0 Å². The minimum absolute atomic E-state index is 0.0820. The third-order valence-electron chi connectivity index (χ3n) is 5.12. The van der Waals surface area contributed by atoms with Crippen LogP contribution in [0.4, 0.5) is 0 Å². The van der Waals surface area contributed by atoms with Gasteiger partial charge in [0.2, 0.25) is 0 Å². The number of amides is 1. The van der Waals surface area contributed by atoms with Crippen molar-refractivity contribution >= 4 is 5.91 Å². The van der Waals surface area contributed by atoms with Gasteiger partial charge in [-0.1, -0.05) is 13.0 Å². The first-order valence-corrected chi connectivity index (χ1v) is 9.59. The van der Waals surface area contributed by atoms with E-state index in [9.17, 15) is 4.79 Å². The lowest BCUT2D eigenvalue weighted by atomic mass is 9.90. The summed E-state index contributed by atoms with van der Waals surface area (Å²) in [5.74, 6) is 0.543. The van der Waals surface area contributed by atoms with Gasteiger partial charge in [0, 0.05) is 24.7 Å². The van der Waals surface area contributed by atoms with Gasteiger partial charge in [0.15, 0.2) is 5.60 Å². The molecule has 0 bridgehead atoms. The van der Waals surface area contributed by atoms with Crippen molar-refractivity contribution in [1.82, 2.24) is 20.6 Å². The van der Waals surface area contributed by atoms with Crippen molar-refractivity contribution in [2.45, 2.75) is 51.7 Å². The molecular formula is C21H28N4O2. The van der Waals surface area contributed by atoms with Gasteiger partial charge in [0.25, 0.3) is 5.91 Å². The van der Waals surface area contributed by atoms with Crippen molar-refractivity contribution in [1.29, 1.82) is 0 Å². The Hall–Kier alpha value is -2.47. The van der Waals surface area contributed by atoms with Gasteiger partial charge in [-0.25, -0.2) is 0 Å². The van der Waals surface area contributed by atoms with E-state index >= 15 is 0 Å². The van der Waals surface area contributed by atoms with Crippen LogP contribution in [-0.2, 0) is 4.79 Å². The number of nitrogens with zero attached hydrogens (tertiary/aromatic N) is 2. The van der Waals surface area contributed by atoms with E-state index in [2.05, 4.69) is 27.5 Å². The molecule has 1 atom stereocenters. The Balaban J connectivity index is 1.82. The average molecular weight is 368 g/mol. The summed E-state index contributed by atoms with van der Waals surface area (Å²) in [6, 6.07) is 7.57. The first-order chi connectivity index (χ1) is 13.0. The predicted molar refractivity (Wildman–Crippen MR) is 105 cm³/mol. The van der Waals surface area contributed by atoms with Gasteiger partial charge in [-0.3, -0.25) is 14.8 Å². The summed E-state index contributed by atoms with van der Waals surface area (Å²) < 4.78 is 6.24. The zero-order valence-corrected chi connectivity index (χ0v) is 16.3. The van der Waals surface area contributed by atoms with Crippen LogP contribution in [0, 0.1) is 13.8 Å². The van der Waals surface area contributed by atoms with E-state index in [1.54, 1.807) is 12.4 Å². The fourth-order valence-electron chi connectivity index (χ4n) is 3.46. The van der Waals surface area contributed by atoms with Crippen LogP contribution in [0.1, 0.15) is 49.2 Å². The first kappa shape index (κ1) is 19.3. The van der Waals surface area contributed by atoms with Crippen LogP contribution in [0.15, 0.2) is 36.7 Å². The van der Waals surface area contributed by atoms with Gasteiger partial charge in [-0.05, 0) is 57.1 Å². The van der Waals surface area contributed by atoms with Crippen LogP contribution in [-0.4, -0.2) is 34.6 Å². The van der Waals surface area contributed by atoms with Crippen LogP contribution in [0.25, 0.3) is 0 Å². The molecule has 27 heavy (non-hydrogen) atoms. The van der Waals surface area contributed by atoms with Gasteiger partial charge in [-0.2, -0.15) is 0 Å². The molecule has 1 aliphatic heterocycles. The second kappa shape index (κ2) is 8.48. The Morgan fingerprint density at radius 2 is 2.04 bits per heavy atom. The number of ether oxygens (including phenoxy) is 1. The molecule has 2 N–H and O–H groups in total. The second-order valence-electron chi connectivity index (χ2n) is 7.12. The molecule has 0 aromatic carbocycles. The fourth-order valence-corrected chi connectivity index (χ4v) is 3.46. The van der Waals surface area contributed by atoms with E-state index in [0.717, 1.165) is 36.5 Å². The number of nitrogens with one attached hydrogen (secondary N) is 2. The minimum atomic E-state index is -0.891. The molecule has 0 spiro atoms. The third kappa shape index (κ3) is 4.45. The Labute approximate surface area is 160 Å². The number of rotatable bonds is 6. The molecule has 0 aliphatic carbocycles. The lowest BCUT2D eigenvalue weighted by molar-refractivity contribution is -0.140. The Kier molecular flexibility index (Phi) is 6.06. The van der Waals surface area contributed by atoms with Gasteiger partial charge in [0.1, 0.15) is 5.75 Å². The molecule has 1 fully saturated rings. The molecule has 1 amide bonds. The summed E-state index contributed by atoms with van der Waals surface area (Å²) in [6.45, 7) is 7.49. The van der Waals surface area contributed by atoms with Gasteiger partial charge in [0.05, 0.1) is 17.9 Å². The molecule has 1 saturated heterocycles. The summed E-state index contributed by atoms with van der Waals surface area (Å²) in [4.78, 5) is 22.1. The normalized spacial score (nSPS) is 17.1. The molecule has 0 radical (unpaired) electrons. The minimum Gasteiger partial charge on any atom is -0.476 e. The summed E-state index contributed by atoms with van der Waals surface area (Å²) >= 11 is 0. The monoisotopic (exact) mass is 368 g/mol. The standard InChI is InChI=1S/C21H28N4O2/c1-4-18(19-15(2)6-5-11-23-19)25-20(26)21(9-12-22-13-10-21)27-17-8-7-16(3)24-14-17/h5-8,11,14,18,22H,4,9-10,12-13H2,1-3H3,(H,25,26). The number of carbonyl (C=O) groups is 1. The van der Waals surface area contributed by atoms with E-state index in [1.807, 2.05) is 38.1 Å². The van der Waals surface area contributed by atoms with E-state index in [4.69, 9.17) is 4.74 Å². The van der Waals surface area contributed by atoms with Crippen molar-refractivity contribution in [2.24, 2.45) is 0 Å². The lowest BCUT2D eigenvalue weighted by Gasteiger charge is -2.37. The van der Waals surface area contributed by atoms with Crippen molar-refractivity contribution in [3.05, 3.63) is 53.6 Å². The fraction of sp³-hybridized carbons (Fsp3) is 0.476. The number of aryl methyl sites for hydroxylation is 2. The van der Waals surface area contributed by atoms with Crippen LogP contribution in [0.5, 0.6) is 5.75 Å². The third-order valence-corrected chi connectivity index (χ3v) is 5.12. The summed E-state index contributed by atoms with van der Waals surface area (Å²) in [5.41, 5.74) is 2.02. The SMILES string of the molecule is CCC(NC(=O)C1(Oc2ccc(C)nc2)CCNCC1)c1ncccc1C. The van der Waals surface area contributed by atoms with Crippen molar-refractivity contribution < 1.29 is 9.53 Å². The summed E-state index contributed by atoms with van der Waals surface area (Å²) in [7, 11) is 0. The molecule has 144 valence electrons. The molecule has 6 heteroatoms.